The van der Waals surface area contributed by atoms with Crippen LogP contribution in [0.2, 0.25) is 0 Å². The van der Waals surface area contributed by atoms with Gasteiger partial charge in [0.05, 0.1) is 18.2 Å². The summed E-state index contributed by atoms with van der Waals surface area (Å²) in [7, 11) is 0. The van der Waals surface area contributed by atoms with E-state index in [1.54, 1.807) is 0 Å². The molecule has 1 heterocycles. The van der Waals surface area contributed by atoms with E-state index in [2.05, 4.69) is 9.72 Å². The number of nitrogens with zero attached hydrogens (tertiary/aromatic N) is 1. The van der Waals surface area contributed by atoms with E-state index >= 15 is 0 Å². The van der Waals surface area contributed by atoms with E-state index in [1.807, 2.05) is 0 Å². The summed E-state index contributed by atoms with van der Waals surface area (Å²) in [6.07, 6.45) is -8.85. The molecular weight excluding hydrogens is 277 g/mol. The fourth-order valence-electron chi connectivity index (χ4n) is 1.47. The number of aryl methyl sites for hydroxylation is 1. The standard InChI is InChI=1S/C10H8F5NO3/c1-4-5(2-7(17)18)8(9(11)12)6(3-16-4)19-10(13,14)15/h3,9H,2H2,1H3,(H,17,18). The molecule has 0 amide bonds. The van der Waals surface area contributed by atoms with Gasteiger partial charge in [-0.2, -0.15) is 0 Å². The van der Waals surface area contributed by atoms with Crippen LogP contribution in [-0.4, -0.2) is 22.4 Å². The number of ether oxygens (including phenoxy) is 1. The number of hydrogen-bond donors (Lipinski definition) is 1. The predicted molar refractivity (Wildman–Crippen MR) is 52.0 cm³/mol. The molecule has 19 heavy (non-hydrogen) atoms. The fourth-order valence-corrected chi connectivity index (χ4v) is 1.47. The molecule has 0 saturated carbocycles. The summed E-state index contributed by atoms with van der Waals surface area (Å²) in [5.74, 6) is -2.65. The molecule has 0 radical (unpaired) electrons. The van der Waals surface area contributed by atoms with E-state index in [9.17, 15) is 26.7 Å². The van der Waals surface area contributed by atoms with Crippen LogP contribution in [0.1, 0.15) is 23.2 Å². The Hall–Kier alpha value is -1.93. The maximum atomic E-state index is 12.8. The highest BCUT2D eigenvalue weighted by molar-refractivity contribution is 5.71. The molecule has 1 N–H and O–H groups in total. The number of rotatable bonds is 4. The maximum absolute atomic E-state index is 12.8. The lowest BCUT2D eigenvalue weighted by atomic mass is 10.0. The Morgan fingerprint density at radius 2 is 2.05 bits per heavy atom. The summed E-state index contributed by atoms with van der Waals surface area (Å²) in [5, 5.41) is 8.59. The number of carbonyl (C=O) groups is 1. The SMILES string of the molecule is Cc1ncc(OC(F)(F)F)c(C(F)F)c1CC(=O)O. The van der Waals surface area contributed by atoms with Crippen LogP contribution in [0.4, 0.5) is 22.0 Å². The lowest BCUT2D eigenvalue weighted by molar-refractivity contribution is -0.275. The largest absolute Gasteiger partial charge is 0.573 e. The minimum Gasteiger partial charge on any atom is -0.481 e. The average Bonchev–Trinajstić information content (AvgIpc) is 2.19. The number of aliphatic carboxylic acids is 1. The molecule has 0 bridgehead atoms. The molecule has 1 rings (SSSR count). The number of pyridine rings is 1. The molecule has 0 saturated heterocycles. The minimum atomic E-state index is -5.17. The summed E-state index contributed by atoms with van der Waals surface area (Å²) in [4.78, 5) is 14.0. The third-order valence-electron chi connectivity index (χ3n) is 2.17. The fraction of sp³-hybridized carbons (Fsp3) is 0.400. The van der Waals surface area contributed by atoms with Crippen molar-refractivity contribution in [2.75, 3.05) is 0 Å². The monoisotopic (exact) mass is 285 g/mol. The third kappa shape index (κ3) is 4.04. The van der Waals surface area contributed by atoms with Crippen molar-refractivity contribution in [3.05, 3.63) is 23.0 Å². The summed E-state index contributed by atoms with van der Waals surface area (Å²) in [5.41, 5.74) is -1.68. The van der Waals surface area contributed by atoms with Crippen molar-refractivity contribution in [3.8, 4) is 5.75 Å². The lowest BCUT2D eigenvalue weighted by Crippen LogP contribution is -2.20. The molecule has 0 atom stereocenters. The van der Waals surface area contributed by atoms with E-state index in [0.717, 1.165) is 0 Å². The second kappa shape index (κ2) is 5.37. The number of hydrogen-bond acceptors (Lipinski definition) is 3. The number of halogens is 5. The molecule has 1 aromatic rings. The highest BCUT2D eigenvalue weighted by atomic mass is 19.4. The number of carboxylic acids is 1. The van der Waals surface area contributed by atoms with Gasteiger partial charge in [0.25, 0.3) is 6.43 Å². The molecule has 0 aromatic carbocycles. The first-order valence-corrected chi connectivity index (χ1v) is 4.86. The van der Waals surface area contributed by atoms with E-state index in [1.165, 1.54) is 6.92 Å². The average molecular weight is 285 g/mol. The van der Waals surface area contributed by atoms with Crippen LogP contribution < -0.4 is 4.74 Å². The third-order valence-corrected chi connectivity index (χ3v) is 2.17. The maximum Gasteiger partial charge on any atom is 0.573 e. The summed E-state index contributed by atoms with van der Waals surface area (Å²) >= 11 is 0. The quantitative estimate of drug-likeness (QED) is 0.864. The zero-order valence-corrected chi connectivity index (χ0v) is 9.46. The van der Waals surface area contributed by atoms with Gasteiger partial charge < -0.3 is 9.84 Å². The topological polar surface area (TPSA) is 59.4 Å². The first kappa shape index (κ1) is 15.1. The molecular formula is C10H8F5NO3. The second-order valence-corrected chi connectivity index (χ2v) is 3.52. The normalized spacial score (nSPS) is 11.7. The highest BCUT2D eigenvalue weighted by Gasteiger charge is 2.35. The van der Waals surface area contributed by atoms with E-state index in [-0.39, 0.29) is 5.69 Å². The minimum absolute atomic E-state index is 0.0905. The van der Waals surface area contributed by atoms with Gasteiger partial charge in [0.1, 0.15) is 0 Å². The molecule has 0 spiro atoms. The highest BCUT2D eigenvalue weighted by Crippen LogP contribution is 2.36. The first-order chi connectivity index (χ1) is 8.61. The summed E-state index contributed by atoms with van der Waals surface area (Å²) in [6, 6.07) is 0. The van der Waals surface area contributed by atoms with Gasteiger partial charge in [0.2, 0.25) is 0 Å². The summed E-state index contributed by atoms with van der Waals surface area (Å²) < 4.78 is 65.3. The second-order valence-electron chi connectivity index (χ2n) is 3.52. The van der Waals surface area contributed by atoms with Crippen LogP contribution >= 0.6 is 0 Å². The molecule has 0 fully saturated rings. The van der Waals surface area contributed by atoms with Gasteiger partial charge >= 0.3 is 12.3 Å². The lowest BCUT2D eigenvalue weighted by Gasteiger charge is -2.16. The summed E-state index contributed by atoms with van der Waals surface area (Å²) in [6.45, 7) is 1.22. The Kier molecular flexibility index (Phi) is 4.28. The van der Waals surface area contributed by atoms with Crippen molar-refractivity contribution in [2.45, 2.75) is 26.1 Å². The van der Waals surface area contributed by atoms with Crippen molar-refractivity contribution < 1.29 is 36.6 Å². The zero-order chi connectivity index (χ0) is 14.8. The van der Waals surface area contributed by atoms with Crippen LogP contribution in [-0.2, 0) is 11.2 Å². The van der Waals surface area contributed by atoms with Gasteiger partial charge in [-0.05, 0) is 12.5 Å². The van der Waals surface area contributed by atoms with Gasteiger partial charge in [-0.25, -0.2) is 8.78 Å². The van der Waals surface area contributed by atoms with Crippen molar-refractivity contribution in [3.63, 3.8) is 0 Å². The molecule has 1 aromatic heterocycles. The van der Waals surface area contributed by atoms with Crippen molar-refractivity contribution in [2.24, 2.45) is 0 Å². The van der Waals surface area contributed by atoms with Crippen LogP contribution in [0.5, 0.6) is 5.75 Å². The van der Waals surface area contributed by atoms with E-state index in [0.29, 0.717) is 6.20 Å². The van der Waals surface area contributed by atoms with Gasteiger partial charge in [0.15, 0.2) is 5.75 Å². The Balaban J connectivity index is 3.36. The molecule has 0 unspecified atom stereocenters. The van der Waals surface area contributed by atoms with Crippen molar-refractivity contribution >= 4 is 5.97 Å². The van der Waals surface area contributed by atoms with E-state index < -0.39 is 42.1 Å². The van der Waals surface area contributed by atoms with Crippen LogP contribution in [0, 0.1) is 6.92 Å². The molecule has 0 aliphatic rings. The van der Waals surface area contributed by atoms with Crippen molar-refractivity contribution in [1.82, 2.24) is 4.98 Å². The van der Waals surface area contributed by atoms with Gasteiger partial charge in [-0.3, -0.25) is 9.78 Å². The van der Waals surface area contributed by atoms with Gasteiger partial charge in [0, 0.05) is 5.69 Å². The van der Waals surface area contributed by atoms with Crippen LogP contribution in [0.15, 0.2) is 6.20 Å². The number of carboxylic acid groups (broad SMARTS) is 1. The Morgan fingerprint density at radius 3 is 2.47 bits per heavy atom. The Bertz CT molecular complexity index is 487. The Morgan fingerprint density at radius 1 is 1.47 bits per heavy atom. The molecule has 0 aliphatic carbocycles. The predicted octanol–water partition coefficient (Wildman–Crippen LogP) is 2.85. The molecule has 0 aliphatic heterocycles. The number of alkyl halides is 5. The van der Waals surface area contributed by atoms with Gasteiger partial charge in [-0.15, -0.1) is 13.2 Å². The molecule has 9 heteroatoms. The van der Waals surface area contributed by atoms with Gasteiger partial charge in [-0.1, -0.05) is 0 Å². The Labute approximate surface area is 103 Å². The number of aromatic nitrogens is 1. The first-order valence-electron chi connectivity index (χ1n) is 4.86. The molecule has 106 valence electrons. The smallest absolute Gasteiger partial charge is 0.481 e. The zero-order valence-electron chi connectivity index (χ0n) is 9.46. The van der Waals surface area contributed by atoms with Crippen LogP contribution in [0.3, 0.4) is 0 Å². The molecule has 4 nitrogen and oxygen atoms in total. The van der Waals surface area contributed by atoms with Crippen LogP contribution in [0.25, 0.3) is 0 Å². The van der Waals surface area contributed by atoms with Crippen molar-refractivity contribution in [1.29, 1.82) is 0 Å². The van der Waals surface area contributed by atoms with E-state index in [4.69, 9.17) is 5.11 Å².